The summed E-state index contributed by atoms with van der Waals surface area (Å²) in [7, 11) is 0. The van der Waals surface area contributed by atoms with E-state index in [2.05, 4.69) is 41.8 Å². The van der Waals surface area contributed by atoms with Gasteiger partial charge in [-0.25, -0.2) is 0 Å². The molecule has 0 aliphatic carbocycles. The maximum absolute atomic E-state index is 5.59. The monoisotopic (exact) mass is 263 g/mol. The van der Waals surface area contributed by atoms with E-state index in [9.17, 15) is 0 Å². The second kappa shape index (κ2) is 5.67. The molecule has 1 saturated heterocycles. The van der Waals surface area contributed by atoms with Crippen molar-refractivity contribution >= 4 is 22.9 Å². The van der Waals surface area contributed by atoms with Crippen molar-refractivity contribution in [2.24, 2.45) is 5.73 Å². The van der Waals surface area contributed by atoms with Gasteiger partial charge in [-0.3, -0.25) is 4.90 Å². The van der Waals surface area contributed by atoms with Gasteiger partial charge in [0.1, 0.15) is 0 Å². The molecule has 0 saturated carbocycles. The number of hydrogen-bond donors (Lipinski definition) is 1. The maximum Gasteiger partial charge on any atom is 0.0870 e. The van der Waals surface area contributed by atoms with Crippen LogP contribution in [0.15, 0.2) is 18.2 Å². The molecule has 18 heavy (non-hydrogen) atoms. The number of hydrogen-bond acceptors (Lipinski definition) is 3. The molecule has 98 valence electrons. The number of anilines is 1. The van der Waals surface area contributed by atoms with Gasteiger partial charge in [-0.2, -0.15) is 0 Å². The van der Waals surface area contributed by atoms with Crippen LogP contribution in [0.3, 0.4) is 0 Å². The van der Waals surface area contributed by atoms with Gasteiger partial charge in [-0.15, -0.1) is 0 Å². The molecule has 0 bridgehead atoms. The topological polar surface area (TPSA) is 32.5 Å². The summed E-state index contributed by atoms with van der Waals surface area (Å²) in [6, 6.07) is 6.52. The van der Waals surface area contributed by atoms with Crippen LogP contribution in [0, 0.1) is 13.8 Å². The van der Waals surface area contributed by atoms with Gasteiger partial charge in [0.25, 0.3) is 0 Å². The van der Waals surface area contributed by atoms with Gasteiger partial charge in [0.15, 0.2) is 0 Å². The highest BCUT2D eigenvalue weighted by Gasteiger charge is 2.18. The van der Waals surface area contributed by atoms with Crippen LogP contribution >= 0.6 is 12.2 Å². The van der Waals surface area contributed by atoms with Crippen molar-refractivity contribution in [2.75, 3.05) is 37.6 Å². The molecule has 0 spiro atoms. The molecule has 1 aromatic rings. The lowest BCUT2D eigenvalue weighted by Gasteiger charge is -2.36. The Labute approximate surface area is 115 Å². The van der Waals surface area contributed by atoms with E-state index < -0.39 is 0 Å². The van der Waals surface area contributed by atoms with E-state index in [1.54, 1.807) is 0 Å². The van der Waals surface area contributed by atoms with E-state index in [1.807, 2.05) is 0 Å². The average Bonchev–Trinajstić information content (AvgIpc) is 2.33. The van der Waals surface area contributed by atoms with Crippen LogP contribution in [0.25, 0.3) is 0 Å². The van der Waals surface area contributed by atoms with E-state index in [4.69, 9.17) is 18.0 Å². The Balaban J connectivity index is 2.01. The first-order valence-corrected chi connectivity index (χ1v) is 6.80. The predicted molar refractivity (Wildman–Crippen MR) is 81.4 cm³/mol. The Bertz CT molecular complexity index is 437. The number of benzene rings is 1. The zero-order valence-electron chi connectivity index (χ0n) is 11.1. The van der Waals surface area contributed by atoms with E-state index in [0.717, 1.165) is 32.7 Å². The highest BCUT2D eigenvalue weighted by atomic mass is 32.1. The molecule has 1 heterocycles. The van der Waals surface area contributed by atoms with Crippen molar-refractivity contribution < 1.29 is 0 Å². The Morgan fingerprint density at radius 3 is 2.50 bits per heavy atom. The fourth-order valence-corrected chi connectivity index (χ4v) is 2.63. The Hall–Kier alpha value is -1.13. The van der Waals surface area contributed by atoms with Gasteiger partial charge in [0.2, 0.25) is 0 Å². The number of thiocarbonyl (C=S) groups is 1. The molecule has 1 aliphatic rings. The molecule has 4 heteroatoms. The molecule has 2 N–H and O–H groups in total. The van der Waals surface area contributed by atoms with Crippen molar-refractivity contribution in [3.63, 3.8) is 0 Å². The quantitative estimate of drug-likeness (QED) is 0.842. The summed E-state index contributed by atoms with van der Waals surface area (Å²) in [5.41, 5.74) is 9.70. The number of nitrogens with zero attached hydrogens (tertiary/aromatic N) is 2. The van der Waals surface area contributed by atoms with Gasteiger partial charge in [-0.1, -0.05) is 24.4 Å². The molecule has 0 aromatic heterocycles. The fourth-order valence-electron chi connectivity index (χ4n) is 2.45. The summed E-state index contributed by atoms with van der Waals surface area (Å²) < 4.78 is 0. The highest BCUT2D eigenvalue weighted by Crippen LogP contribution is 2.23. The Morgan fingerprint density at radius 2 is 1.89 bits per heavy atom. The normalized spacial score (nSPS) is 16.9. The zero-order valence-corrected chi connectivity index (χ0v) is 12.0. The molecule has 3 nitrogen and oxygen atoms in total. The number of rotatable bonds is 3. The molecule has 1 aliphatic heterocycles. The van der Waals surface area contributed by atoms with Gasteiger partial charge in [-0.05, 0) is 31.0 Å². The van der Waals surface area contributed by atoms with Crippen molar-refractivity contribution in [1.82, 2.24) is 4.90 Å². The molecule has 0 amide bonds. The molecule has 0 unspecified atom stereocenters. The van der Waals surface area contributed by atoms with Gasteiger partial charge >= 0.3 is 0 Å². The highest BCUT2D eigenvalue weighted by molar-refractivity contribution is 7.80. The van der Waals surface area contributed by atoms with Gasteiger partial charge in [0, 0.05) is 38.4 Å². The molecule has 0 radical (unpaired) electrons. The first-order valence-electron chi connectivity index (χ1n) is 6.40. The summed E-state index contributed by atoms with van der Waals surface area (Å²) in [4.78, 5) is 5.37. The van der Waals surface area contributed by atoms with Crippen LogP contribution in [0.1, 0.15) is 11.1 Å². The minimum Gasteiger partial charge on any atom is -0.392 e. The lowest BCUT2D eigenvalue weighted by Crippen LogP contribution is -2.48. The lowest BCUT2D eigenvalue weighted by molar-refractivity contribution is 0.292. The third kappa shape index (κ3) is 3.00. The molecule has 2 rings (SSSR count). The first kappa shape index (κ1) is 13.3. The van der Waals surface area contributed by atoms with Crippen LogP contribution in [0.5, 0.6) is 0 Å². The van der Waals surface area contributed by atoms with E-state index >= 15 is 0 Å². The van der Waals surface area contributed by atoms with E-state index in [-0.39, 0.29) is 0 Å². The standard InChI is InChI=1S/C14H21N3S/c1-11-4-3-5-13(12(11)2)17-8-6-16(7-9-17)10-14(15)18/h3-5H,6-10H2,1-2H3,(H2,15,18). The number of aryl methyl sites for hydroxylation is 1. The van der Waals surface area contributed by atoms with Crippen molar-refractivity contribution in [3.8, 4) is 0 Å². The average molecular weight is 263 g/mol. The van der Waals surface area contributed by atoms with E-state index in [0.29, 0.717) is 4.99 Å². The molecular formula is C14H21N3S. The second-order valence-electron chi connectivity index (χ2n) is 4.95. The minimum absolute atomic E-state index is 0.593. The third-order valence-corrected chi connectivity index (χ3v) is 3.80. The van der Waals surface area contributed by atoms with Crippen LogP contribution < -0.4 is 10.6 Å². The summed E-state index contributed by atoms with van der Waals surface area (Å²) in [5, 5.41) is 0. The summed E-state index contributed by atoms with van der Waals surface area (Å²) >= 11 is 4.96. The summed E-state index contributed by atoms with van der Waals surface area (Å²) in [5.74, 6) is 0. The lowest BCUT2D eigenvalue weighted by atomic mass is 10.1. The summed E-state index contributed by atoms with van der Waals surface area (Å²) in [6.45, 7) is 9.28. The molecule has 1 fully saturated rings. The third-order valence-electron chi connectivity index (χ3n) is 3.67. The Morgan fingerprint density at radius 1 is 1.22 bits per heavy atom. The van der Waals surface area contributed by atoms with Crippen LogP contribution in [0.2, 0.25) is 0 Å². The molecule has 1 aromatic carbocycles. The number of nitrogens with two attached hydrogens (primary N) is 1. The molecular weight excluding hydrogens is 242 g/mol. The van der Waals surface area contributed by atoms with Crippen LogP contribution in [0.4, 0.5) is 5.69 Å². The second-order valence-corrected chi connectivity index (χ2v) is 5.47. The summed E-state index contributed by atoms with van der Waals surface area (Å²) in [6.07, 6.45) is 0. The minimum atomic E-state index is 0.593. The smallest absolute Gasteiger partial charge is 0.0870 e. The van der Waals surface area contributed by atoms with Crippen molar-refractivity contribution in [2.45, 2.75) is 13.8 Å². The number of piperazine rings is 1. The predicted octanol–water partition coefficient (Wildman–Crippen LogP) is 1.71. The molecule has 0 atom stereocenters. The van der Waals surface area contributed by atoms with Gasteiger partial charge < -0.3 is 10.6 Å². The SMILES string of the molecule is Cc1cccc(N2CCN(CC(N)=S)CC2)c1C. The Kier molecular flexibility index (Phi) is 4.19. The largest absolute Gasteiger partial charge is 0.392 e. The fraction of sp³-hybridized carbons (Fsp3) is 0.500. The van der Waals surface area contributed by atoms with Gasteiger partial charge in [0.05, 0.1) is 4.99 Å². The van der Waals surface area contributed by atoms with Crippen LogP contribution in [-0.2, 0) is 0 Å². The zero-order chi connectivity index (χ0) is 13.1. The van der Waals surface area contributed by atoms with Crippen LogP contribution in [-0.4, -0.2) is 42.6 Å². The van der Waals surface area contributed by atoms with Crippen molar-refractivity contribution in [1.29, 1.82) is 0 Å². The first-order chi connectivity index (χ1) is 8.58. The maximum atomic E-state index is 5.59. The van der Waals surface area contributed by atoms with E-state index in [1.165, 1.54) is 16.8 Å². The van der Waals surface area contributed by atoms with Crippen molar-refractivity contribution in [3.05, 3.63) is 29.3 Å².